The first-order valence-electron chi connectivity index (χ1n) is 6.45. The van der Waals surface area contributed by atoms with Gasteiger partial charge in [-0.3, -0.25) is 0 Å². The van der Waals surface area contributed by atoms with Crippen LogP contribution in [0.5, 0.6) is 0 Å². The number of hydrogen-bond donors (Lipinski definition) is 2. The quantitative estimate of drug-likeness (QED) is 0.846. The molecule has 0 saturated carbocycles. The molecule has 18 heavy (non-hydrogen) atoms. The summed E-state index contributed by atoms with van der Waals surface area (Å²) in [5.41, 5.74) is 6.23. The van der Waals surface area contributed by atoms with Crippen LogP contribution in [0.25, 0.3) is 0 Å². The van der Waals surface area contributed by atoms with E-state index in [0.29, 0.717) is 30.4 Å². The third-order valence-electron chi connectivity index (χ3n) is 3.52. The monoisotopic (exact) mass is 271 g/mol. The van der Waals surface area contributed by atoms with Crippen LogP contribution in [0.3, 0.4) is 0 Å². The summed E-state index contributed by atoms with van der Waals surface area (Å²) in [7, 11) is -3.33. The van der Waals surface area contributed by atoms with Gasteiger partial charge in [-0.15, -0.1) is 0 Å². The molecule has 1 unspecified atom stereocenters. The molecule has 0 aromatic carbocycles. The fourth-order valence-corrected chi connectivity index (χ4v) is 4.04. The Morgan fingerprint density at radius 2 is 2.33 bits per heavy atom. The zero-order chi connectivity index (χ0) is 13.2. The van der Waals surface area contributed by atoms with Gasteiger partial charge in [0.1, 0.15) is 0 Å². The Labute approximate surface area is 108 Å². The summed E-state index contributed by atoms with van der Waals surface area (Å²) in [6.45, 7) is 3.75. The Morgan fingerprint density at radius 1 is 1.56 bits per heavy atom. The topological polar surface area (TPSA) is 79.2 Å². The number of rotatable bonds is 5. The molecule has 0 radical (unpaired) electrons. The molecule has 1 atom stereocenters. The van der Waals surface area contributed by atoms with E-state index in [9.17, 15) is 8.42 Å². The summed E-state index contributed by atoms with van der Waals surface area (Å²) in [5.74, 6) is 0.512. The highest BCUT2D eigenvalue weighted by molar-refractivity contribution is 7.89. The van der Waals surface area contributed by atoms with Crippen molar-refractivity contribution in [2.24, 2.45) is 11.7 Å². The molecule has 1 aliphatic heterocycles. The molecule has 2 heterocycles. The smallest absolute Gasteiger partial charge is 0.244 e. The molecule has 0 bridgehead atoms. The van der Waals surface area contributed by atoms with Crippen molar-refractivity contribution in [1.29, 1.82) is 0 Å². The van der Waals surface area contributed by atoms with Crippen molar-refractivity contribution < 1.29 is 8.42 Å². The van der Waals surface area contributed by atoms with Crippen LogP contribution < -0.4 is 5.73 Å². The highest BCUT2D eigenvalue weighted by atomic mass is 32.2. The second-order valence-electron chi connectivity index (χ2n) is 4.87. The number of aromatic amines is 1. The first-order chi connectivity index (χ1) is 8.57. The molecule has 3 N–H and O–H groups in total. The standard InChI is InChI=1S/C12H21N3O2S/c1-2-3-10-4-5-15(9-10)18(16,17)12-6-11(7-13)14-8-12/h6,8,10,14H,2-5,7,9,13H2,1H3. The summed E-state index contributed by atoms with van der Waals surface area (Å²) in [6.07, 6.45) is 4.72. The summed E-state index contributed by atoms with van der Waals surface area (Å²) < 4.78 is 26.4. The molecule has 5 nitrogen and oxygen atoms in total. The zero-order valence-corrected chi connectivity index (χ0v) is 11.5. The molecule has 0 aliphatic carbocycles. The third kappa shape index (κ3) is 2.60. The fraction of sp³-hybridized carbons (Fsp3) is 0.667. The van der Waals surface area contributed by atoms with Crippen molar-refractivity contribution >= 4 is 10.0 Å². The van der Waals surface area contributed by atoms with Gasteiger partial charge in [-0.05, 0) is 24.8 Å². The van der Waals surface area contributed by atoms with Gasteiger partial charge in [0.15, 0.2) is 0 Å². The van der Waals surface area contributed by atoms with E-state index in [0.717, 1.165) is 25.0 Å². The van der Waals surface area contributed by atoms with Gasteiger partial charge in [-0.2, -0.15) is 4.31 Å². The van der Waals surface area contributed by atoms with Crippen LogP contribution in [0.2, 0.25) is 0 Å². The van der Waals surface area contributed by atoms with Gasteiger partial charge in [0.05, 0.1) is 4.90 Å². The van der Waals surface area contributed by atoms with Crippen molar-refractivity contribution in [3.8, 4) is 0 Å². The molecular weight excluding hydrogens is 250 g/mol. The average molecular weight is 271 g/mol. The van der Waals surface area contributed by atoms with E-state index < -0.39 is 10.0 Å². The van der Waals surface area contributed by atoms with Gasteiger partial charge in [0.2, 0.25) is 10.0 Å². The number of nitrogens with zero attached hydrogens (tertiary/aromatic N) is 1. The zero-order valence-electron chi connectivity index (χ0n) is 10.7. The molecular formula is C12H21N3O2S. The van der Waals surface area contributed by atoms with E-state index in [2.05, 4.69) is 11.9 Å². The van der Waals surface area contributed by atoms with Crippen molar-refractivity contribution in [2.75, 3.05) is 13.1 Å². The minimum absolute atomic E-state index is 0.327. The van der Waals surface area contributed by atoms with Crippen LogP contribution in [0.15, 0.2) is 17.2 Å². The van der Waals surface area contributed by atoms with E-state index in [1.54, 1.807) is 10.4 Å². The largest absolute Gasteiger partial charge is 0.363 e. The Hall–Kier alpha value is -0.850. The predicted molar refractivity (Wildman–Crippen MR) is 70.5 cm³/mol. The molecule has 1 fully saturated rings. The molecule has 2 rings (SSSR count). The highest BCUT2D eigenvalue weighted by Gasteiger charge is 2.32. The first-order valence-corrected chi connectivity index (χ1v) is 7.89. The minimum Gasteiger partial charge on any atom is -0.363 e. The van der Waals surface area contributed by atoms with Crippen LogP contribution in [-0.4, -0.2) is 30.8 Å². The summed E-state index contributed by atoms with van der Waals surface area (Å²) >= 11 is 0. The summed E-state index contributed by atoms with van der Waals surface area (Å²) in [4.78, 5) is 3.22. The van der Waals surface area contributed by atoms with Gasteiger partial charge in [-0.25, -0.2) is 8.42 Å². The molecule has 1 aromatic heterocycles. The molecule has 0 spiro atoms. The summed E-state index contributed by atoms with van der Waals surface area (Å²) in [5, 5.41) is 0. The summed E-state index contributed by atoms with van der Waals surface area (Å²) in [6, 6.07) is 1.63. The lowest BCUT2D eigenvalue weighted by atomic mass is 10.0. The predicted octanol–water partition coefficient (Wildman–Crippen LogP) is 1.28. The Kier molecular flexibility index (Phi) is 4.09. The van der Waals surface area contributed by atoms with Crippen LogP contribution in [0.4, 0.5) is 0 Å². The lowest BCUT2D eigenvalue weighted by molar-refractivity contribution is 0.444. The van der Waals surface area contributed by atoms with E-state index in [-0.39, 0.29) is 0 Å². The first kappa shape index (κ1) is 13.6. The second kappa shape index (κ2) is 5.42. The lowest BCUT2D eigenvalue weighted by Crippen LogP contribution is -2.28. The Bertz CT molecular complexity index is 495. The number of H-pyrrole nitrogens is 1. The van der Waals surface area contributed by atoms with E-state index in [1.807, 2.05) is 0 Å². The van der Waals surface area contributed by atoms with Crippen molar-refractivity contribution in [1.82, 2.24) is 9.29 Å². The van der Waals surface area contributed by atoms with Crippen LogP contribution in [-0.2, 0) is 16.6 Å². The number of hydrogen-bond acceptors (Lipinski definition) is 3. The van der Waals surface area contributed by atoms with Gasteiger partial charge >= 0.3 is 0 Å². The maximum absolute atomic E-state index is 12.4. The fourth-order valence-electron chi connectivity index (χ4n) is 2.49. The van der Waals surface area contributed by atoms with Crippen molar-refractivity contribution in [3.63, 3.8) is 0 Å². The lowest BCUT2D eigenvalue weighted by Gasteiger charge is -2.15. The normalized spacial score (nSPS) is 21.6. The van der Waals surface area contributed by atoms with Gasteiger partial charge in [-0.1, -0.05) is 13.3 Å². The number of nitrogens with one attached hydrogen (secondary N) is 1. The van der Waals surface area contributed by atoms with Crippen LogP contribution >= 0.6 is 0 Å². The molecule has 102 valence electrons. The Balaban J connectivity index is 2.12. The van der Waals surface area contributed by atoms with Gasteiger partial charge < -0.3 is 10.7 Å². The van der Waals surface area contributed by atoms with Gasteiger partial charge in [0.25, 0.3) is 0 Å². The Morgan fingerprint density at radius 3 is 2.94 bits per heavy atom. The van der Waals surface area contributed by atoms with Crippen molar-refractivity contribution in [3.05, 3.63) is 18.0 Å². The third-order valence-corrected chi connectivity index (χ3v) is 5.36. The SMILES string of the molecule is CCCC1CCN(S(=O)(=O)c2c[nH]c(CN)c2)C1. The molecule has 6 heteroatoms. The highest BCUT2D eigenvalue weighted by Crippen LogP contribution is 2.27. The molecule has 1 aliphatic rings. The molecule has 1 aromatic rings. The number of sulfonamides is 1. The van der Waals surface area contributed by atoms with Crippen LogP contribution in [0.1, 0.15) is 31.9 Å². The molecule has 0 amide bonds. The van der Waals surface area contributed by atoms with E-state index in [4.69, 9.17) is 5.73 Å². The number of aromatic nitrogens is 1. The van der Waals surface area contributed by atoms with Crippen molar-refractivity contribution in [2.45, 2.75) is 37.6 Å². The van der Waals surface area contributed by atoms with E-state index >= 15 is 0 Å². The molecule has 1 saturated heterocycles. The average Bonchev–Trinajstić information content (AvgIpc) is 2.98. The maximum Gasteiger partial charge on any atom is 0.244 e. The number of nitrogens with two attached hydrogens (primary N) is 1. The second-order valence-corrected chi connectivity index (χ2v) is 6.81. The van der Waals surface area contributed by atoms with E-state index in [1.165, 1.54) is 6.20 Å². The van der Waals surface area contributed by atoms with Gasteiger partial charge in [0, 0.05) is 31.5 Å². The van der Waals surface area contributed by atoms with Crippen LogP contribution in [0, 0.1) is 5.92 Å². The minimum atomic E-state index is -3.33. The maximum atomic E-state index is 12.4.